The molecule has 0 aliphatic carbocycles. The minimum atomic E-state index is -3.99. The fraction of sp³-hybridized carbons (Fsp3) is 0.667. The molecule has 0 amide bonds. The number of hydrogen-bond donors (Lipinski definition) is 0. The van der Waals surface area contributed by atoms with E-state index in [0.717, 1.165) is 0 Å². The fourth-order valence-corrected chi connectivity index (χ4v) is 1.21. The van der Waals surface area contributed by atoms with Gasteiger partial charge in [-0.05, 0) is 6.92 Å². The first kappa shape index (κ1) is 6.50. The third kappa shape index (κ3) is 1.19. The van der Waals surface area contributed by atoms with Gasteiger partial charge in [0.15, 0.2) is 6.10 Å². The largest absolute Gasteiger partial charge is 0.452 e. The van der Waals surface area contributed by atoms with Crippen molar-refractivity contribution < 1.29 is 21.6 Å². The summed E-state index contributed by atoms with van der Waals surface area (Å²) >= 11 is 0. The Balaban J connectivity index is 2.90. The zero-order chi connectivity index (χ0) is 7.07. The summed E-state index contributed by atoms with van der Waals surface area (Å²) < 4.78 is 28.2. The van der Waals surface area contributed by atoms with Crippen LogP contribution in [-0.4, -0.2) is 20.5 Å². The molecule has 9 heavy (non-hydrogen) atoms. The molecule has 1 heterocycles. The van der Waals surface area contributed by atoms with Gasteiger partial charge in [-0.25, -0.2) is 8.98 Å². The van der Waals surface area contributed by atoms with Gasteiger partial charge >= 0.3 is 16.4 Å². The second kappa shape index (κ2) is 1.68. The van der Waals surface area contributed by atoms with Gasteiger partial charge in [-0.15, -0.1) is 0 Å². The second-order valence-corrected chi connectivity index (χ2v) is 2.72. The van der Waals surface area contributed by atoms with E-state index in [2.05, 4.69) is 8.37 Å². The summed E-state index contributed by atoms with van der Waals surface area (Å²) in [6.07, 6.45) is -0.991. The van der Waals surface area contributed by atoms with Crippen LogP contribution in [0.15, 0.2) is 0 Å². The molecule has 0 aromatic carbocycles. The quantitative estimate of drug-likeness (QED) is 0.454. The number of hydrogen-bond acceptors (Lipinski definition) is 5. The fourth-order valence-electron chi connectivity index (χ4n) is 0.404. The van der Waals surface area contributed by atoms with Gasteiger partial charge in [0.25, 0.3) is 0 Å². The molecule has 52 valence electrons. The van der Waals surface area contributed by atoms with E-state index in [1.807, 2.05) is 0 Å². The van der Waals surface area contributed by atoms with Crippen molar-refractivity contribution in [2.45, 2.75) is 13.0 Å². The molecule has 0 bridgehead atoms. The van der Waals surface area contributed by atoms with Gasteiger partial charge in [0.05, 0.1) is 0 Å². The van der Waals surface area contributed by atoms with Crippen LogP contribution in [0.1, 0.15) is 6.92 Å². The summed E-state index contributed by atoms with van der Waals surface area (Å²) in [6.45, 7) is 1.30. The summed E-state index contributed by atoms with van der Waals surface area (Å²) in [5.74, 6) is -0.866. The summed E-state index contributed by atoms with van der Waals surface area (Å²) in [5.41, 5.74) is 0. The maximum atomic E-state index is 10.3. The van der Waals surface area contributed by atoms with Crippen LogP contribution in [0.4, 0.5) is 0 Å². The molecular weight excluding hydrogens is 148 g/mol. The molecule has 0 saturated carbocycles. The van der Waals surface area contributed by atoms with Crippen LogP contribution in [-0.2, 0) is 23.6 Å². The van der Waals surface area contributed by atoms with E-state index in [0.29, 0.717) is 0 Å². The summed E-state index contributed by atoms with van der Waals surface area (Å²) in [4.78, 5) is 10.3. The first-order valence-electron chi connectivity index (χ1n) is 2.18. The molecule has 1 aliphatic rings. The Labute approximate surface area is 51.9 Å². The van der Waals surface area contributed by atoms with Crippen LogP contribution >= 0.6 is 0 Å². The molecule has 1 fully saturated rings. The van der Waals surface area contributed by atoms with Crippen LogP contribution in [0.2, 0.25) is 0 Å². The summed E-state index contributed by atoms with van der Waals surface area (Å²) in [5, 5.41) is 0. The van der Waals surface area contributed by atoms with E-state index in [1.54, 1.807) is 0 Å². The summed E-state index contributed by atoms with van der Waals surface area (Å²) in [6, 6.07) is 0. The van der Waals surface area contributed by atoms with Gasteiger partial charge in [0.1, 0.15) is 0 Å². The van der Waals surface area contributed by atoms with Crippen LogP contribution in [0.25, 0.3) is 0 Å². The van der Waals surface area contributed by atoms with Gasteiger partial charge in [0, 0.05) is 0 Å². The predicted molar refractivity (Wildman–Crippen MR) is 25.6 cm³/mol. The average Bonchev–Trinajstić information content (AvgIpc) is 1.79. The number of carbonyl (C=O) groups excluding carboxylic acids is 1. The maximum Gasteiger partial charge on any atom is 0.452 e. The lowest BCUT2D eigenvalue weighted by Gasteiger charge is -1.85. The van der Waals surface area contributed by atoms with E-state index >= 15 is 0 Å². The molecular formula is C3H4O5S. The third-order valence-corrected chi connectivity index (χ3v) is 1.67. The molecule has 0 radical (unpaired) electrons. The normalized spacial score (nSPS) is 32.1. The highest BCUT2D eigenvalue weighted by molar-refractivity contribution is 7.82. The lowest BCUT2D eigenvalue weighted by molar-refractivity contribution is -0.135. The molecule has 1 saturated heterocycles. The molecule has 1 unspecified atom stereocenters. The highest BCUT2D eigenvalue weighted by Gasteiger charge is 2.35. The van der Waals surface area contributed by atoms with Crippen molar-refractivity contribution in [3.8, 4) is 0 Å². The Hall–Kier alpha value is -0.620. The highest BCUT2D eigenvalue weighted by atomic mass is 32.3. The number of carbonyl (C=O) groups is 1. The van der Waals surface area contributed by atoms with Gasteiger partial charge in [-0.2, -0.15) is 8.42 Å². The maximum absolute atomic E-state index is 10.3. The molecule has 0 N–H and O–H groups in total. The van der Waals surface area contributed by atoms with E-state index in [1.165, 1.54) is 6.92 Å². The smallest absolute Gasteiger partial charge is 0.322 e. The van der Waals surface area contributed by atoms with E-state index in [9.17, 15) is 13.2 Å². The first-order chi connectivity index (χ1) is 4.01. The lowest BCUT2D eigenvalue weighted by Crippen LogP contribution is -2.09. The van der Waals surface area contributed by atoms with Crippen LogP contribution < -0.4 is 0 Å². The topological polar surface area (TPSA) is 69.7 Å². The van der Waals surface area contributed by atoms with Gasteiger partial charge in [-0.3, -0.25) is 0 Å². The minimum absolute atomic E-state index is 0.866. The van der Waals surface area contributed by atoms with Crippen molar-refractivity contribution in [2.75, 3.05) is 0 Å². The van der Waals surface area contributed by atoms with E-state index in [4.69, 9.17) is 0 Å². The van der Waals surface area contributed by atoms with Crippen molar-refractivity contribution in [3.05, 3.63) is 0 Å². The predicted octanol–water partition coefficient (Wildman–Crippen LogP) is -0.807. The molecule has 1 atom stereocenters. The van der Waals surface area contributed by atoms with Crippen LogP contribution in [0.5, 0.6) is 0 Å². The Bertz CT molecular complexity index is 227. The summed E-state index contributed by atoms with van der Waals surface area (Å²) in [7, 11) is -3.99. The molecule has 1 rings (SSSR count). The molecule has 1 aliphatic heterocycles. The van der Waals surface area contributed by atoms with Gasteiger partial charge in [0.2, 0.25) is 0 Å². The Morgan fingerprint density at radius 2 is 2.11 bits per heavy atom. The Morgan fingerprint density at radius 1 is 1.56 bits per heavy atom. The van der Waals surface area contributed by atoms with Crippen molar-refractivity contribution in [2.24, 2.45) is 0 Å². The van der Waals surface area contributed by atoms with Crippen molar-refractivity contribution in [1.82, 2.24) is 0 Å². The van der Waals surface area contributed by atoms with Gasteiger partial charge < -0.3 is 4.18 Å². The van der Waals surface area contributed by atoms with E-state index in [-0.39, 0.29) is 0 Å². The van der Waals surface area contributed by atoms with Crippen molar-refractivity contribution in [1.29, 1.82) is 0 Å². The van der Waals surface area contributed by atoms with Gasteiger partial charge in [-0.1, -0.05) is 0 Å². The highest BCUT2D eigenvalue weighted by Crippen LogP contribution is 2.12. The Kier molecular flexibility index (Phi) is 1.21. The second-order valence-electron chi connectivity index (χ2n) is 1.55. The average molecular weight is 152 g/mol. The lowest BCUT2D eigenvalue weighted by atomic mass is 10.4. The molecule has 0 aromatic rings. The van der Waals surface area contributed by atoms with Crippen molar-refractivity contribution >= 4 is 16.4 Å². The SMILES string of the molecule is CC1OS(=O)(=O)OC1=O. The Morgan fingerprint density at radius 3 is 2.22 bits per heavy atom. The first-order valence-corrected chi connectivity index (χ1v) is 3.51. The zero-order valence-corrected chi connectivity index (χ0v) is 5.34. The van der Waals surface area contributed by atoms with Crippen molar-refractivity contribution in [3.63, 3.8) is 0 Å². The number of rotatable bonds is 0. The molecule has 0 aromatic heterocycles. The minimum Gasteiger partial charge on any atom is -0.322 e. The zero-order valence-electron chi connectivity index (χ0n) is 4.53. The molecule has 5 nitrogen and oxygen atoms in total. The molecule has 6 heteroatoms. The standard InChI is InChI=1S/C3H4O5S/c1-2-3(4)8-9(5,6)7-2/h2H,1H3. The molecule has 0 spiro atoms. The monoisotopic (exact) mass is 152 g/mol. The van der Waals surface area contributed by atoms with Crippen LogP contribution in [0.3, 0.4) is 0 Å². The third-order valence-electron chi connectivity index (χ3n) is 0.778. The van der Waals surface area contributed by atoms with Crippen LogP contribution in [0, 0.1) is 0 Å². The van der Waals surface area contributed by atoms with E-state index < -0.39 is 22.5 Å².